The first-order valence-corrected chi connectivity index (χ1v) is 8.01. The second-order valence-electron chi connectivity index (χ2n) is 5.72. The largest absolute Gasteiger partial charge is 0.383 e. The summed E-state index contributed by atoms with van der Waals surface area (Å²) >= 11 is 0. The minimum absolute atomic E-state index is 0.0672. The molecule has 0 aliphatic rings. The third kappa shape index (κ3) is 5.03. The summed E-state index contributed by atoms with van der Waals surface area (Å²) in [6, 6.07) is 11.7. The lowest BCUT2D eigenvalue weighted by Crippen LogP contribution is -2.37. The van der Waals surface area contributed by atoms with Gasteiger partial charge >= 0.3 is 0 Å². The normalized spacial score (nSPS) is 10.7. The number of hydrogen-bond donors (Lipinski definition) is 1. The molecule has 0 spiro atoms. The van der Waals surface area contributed by atoms with E-state index in [0.29, 0.717) is 31.2 Å². The summed E-state index contributed by atoms with van der Waals surface area (Å²) in [7, 11) is 1.64. The van der Waals surface area contributed by atoms with Crippen molar-refractivity contribution in [2.75, 3.05) is 25.6 Å². The van der Waals surface area contributed by atoms with Crippen molar-refractivity contribution in [1.29, 1.82) is 0 Å². The van der Waals surface area contributed by atoms with Gasteiger partial charge in [-0.2, -0.15) is 0 Å². The van der Waals surface area contributed by atoms with E-state index in [1.165, 1.54) is 6.33 Å². The van der Waals surface area contributed by atoms with Crippen LogP contribution in [0.2, 0.25) is 0 Å². The van der Waals surface area contributed by atoms with E-state index >= 15 is 0 Å². The SMILES string of the molecule is COCCNc1cc(C(=O)N(Cc2ccccc2)C(C)C)ncn1. The quantitative estimate of drug-likeness (QED) is 0.755. The average Bonchev–Trinajstić information content (AvgIpc) is 2.60. The summed E-state index contributed by atoms with van der Waals surface area (Å²) in [6.45, 7) is 5.74. The maximum absolute atomic E-state index is 12.9. The predicted octanol–water partition coefficient (Wildman–Crippen LogP) is 2.59. The van der Waals surface area contributed by atoms with Gasteiger partial charge in [0.1, 0.15) is 17.8 Å². The lowest BCUT2D eigenvalue weighted by Gasteiger charge is -2.26. The summed E-state index contributed by atoms with van der Waals surface area (Å²) < 4.78 is 5.00. The number of anilines is 1. The molecule has 6 nitrogen and oxygen atoms in total. The second-order valence-corrected chi connectivity index (χ2v) is 5.72. The van der Waals surface area contributed by atoms with E-state index in [2.05, 4.69) is 15.3 Å². The van der Waals surface area contributed by atoms with Crippen LogP contribution in [0, 0.1) is 0 Å². The van der Waals surface area contributed by atoms with Crippen LogP contribution in [0.3, 0.4) is 0 Å². The number of benzene rings is 1. The third-order valence-electron chi connectivity index (χ3n) is 3.58. The van der Waals surface area contributed by atoms with E-state index in [4.69, 9.17) is 4.74 Å². The molecule has 0 saturated carbocycles. The summed E-state index contributed by atoms with van der Waals surface area (Å²) in [5.41, 5.74) is 1.47. The molecule has 1 aromatic heterocycles. The van der Waals surface area contributed by atoms with Crippen LogP contribution in [0.15, 0.2) is 42.7 Å². The zero-order valence-electron chi connectivity index (χ0n) is 14.4. The van der Waals surface area contributed by atoms with Gasteiger partial charge in [0.25, 0.3) is 5.91 Å². The van der Waals surface area contributed by atoms with E-state index in [0.717, 1.165) is 5.56 Å². The average molecular weight is 328 g/mol. The highest BCUT2D eigenvalue weighted by molar-refractivity contribution is 5.93. The third-order valence-corrected chi connectivity index (χ3v) is 3.58. The minimum atomic E-state index is -0.106. The Morgan fingerprint density at radius 1 is 1.25 bits per heavy atom. The molecule has 0 fully saturated rings. The maximum atomic E-state index is 12.9. The van der Waals surface area contributed by atoms with Crippen LogP contribution in [0.1, 0.15) is 29.9 Å². The fourth-order valence-electron chi connectivity index (χ4n) is 2.27. The predicted molar refractivity (Wildman–Crippen MR) is 93.8 cm³/mol. The van der Waals surface area contributed by atoms with Gasteiger partial charge in [0.15, 0.2) is 0 Å². The number of ether oxygens (including phenoxy) is 1. The molecule has 0 bridgehead atoms. The van der Waals surface area contributed by atoms with Crippen molar-refractivity contribution in [2.45, 2.75) is 26.4 Å². The summed E-state index contributed by atoms with van der Waals surface area (Å²) in [5, 5.41) is 3.11. The van der Waals surface area contributed by atoms with Crippen LogP contribution in [-0.2, 0) is 11.3 Å². The fourth-order valence-corrected chi connectivity index (χ4v) is 2.27. The van der Waals surface area contributed by atoms with Gasteiger partial charge in [0, 0.05) is 32.3 Å². The highest BCUT2D eigenvalue weighted by atomic mass is 16.5. The van der Waals surface area contributed by atoms with E-state index in [1.54, 1.807) is 18.1 Å². The van der Waals surface area contributed by atoms with Crippen molar-refractivity contribution in [3.8, 4) is 0 Å². The molecular weight excluding hydrogens is 304 g/mol. The van der Waals surface area contributed by atoms with Crippen molar-refractivity contribution >= 4 is 11.7 Å². The first-order chi connectivity index (χ1) is 11.6. The molecule has 2 rings (SSSR count). The molecule has 1 amide bonds. The molecule has 0 aliphatic heterocycles. The molecule has 0 saturated heterocycles. The summed E-state index contributed by atoms with van der Waals surface area (Å²) in [5.74, 6) is 0.514. The Morgan fingerprint density at radius 3 is 2.67 bits per heavy atom. The van der Waals surface area contributed by atoms with Crippen LogP contribution >= 0.6 is 0 Å². The number of methoxy groups -OCH3 is 1. The van der Waals surface area contributed by atoms with E-state index in [-0.39, 0.29) is 11.9 Å². The van der Waals surface area contributed by atoms with Crippen LogP contribution < -0.4 is 5.32 Å². The van der Waals surface area contributed by atoms with Crippen LogP contribution in [0.25, 0.3) is 0 Å². The van der Waals surface area contributed by atoms with Gasteiger partial charge in [-0.05, 0) is 19.4 Å². The molecule has 1 heterocycles. The number of aromatic nitrogens is 2. The summed E-state index contributed by atoms with van der Waals surface area (Å²) in [6.07, 6.45) is 1.41. The van der Waals surface area contributed by atoms with Gasteiger partial charge in [-0.15, -0.1) is 0 Å². The fraction of sp³-hybridized carbons (Fsp3) is 0.389. The maximum Gasteiger partial charge on any atom is 0.273 e. The molecule has 1 N–H and O–H groups in total. The number of nitrogens with one attached hydrogen (secondary N) is 1. The topological polar surface area (TPSA) is 67.3 Å². The molecule has 1 aromatic carbocycles. The number of carbonyl (C=O) groups is 1. The van der Waals surface area contributed by atoms with Gasteiger partial charge in [0.2, 0.25) is 0 Å². The van der Waals surface area contributed by atoms with Crippen molar-refractivity contribution in [2.24, 2.45) is 0 Å². The van der Waals surface area contributed by atoms with Gasteiger partial charge in [-0.25, -0.2) is 9.97 Å². The Balaban J connectivity index is 2.13. The molecule has 2 aromatic rings. The summed E-state index contributed by atoms with van der Waals surface area (Å²) in [4.78, 5) is 22.9. The van der Waals surface area contributed by atoms with Crippen molar-refractivity contribution < 1.29 is 9.53 Å². The molecule has 6 heteroatoms. The Morgan fingerprint density at radius 2 is 2.00 bits per heavy atom. The first-order valence-electron chi connectivity index (χ1n) is 8.01. The zero-order chi connectivity index (χ0) is 17.4. The minimum Gasteiger partial charge on any atom is -0.383 e. The Labute approximate surface area is 142 Å². The molecular formula is C18H24N4O2. The molecule has 0 atom stereocenters. The van der Waals surface area contributed by atoms with Gasteiger partial charge in [0.05, 0.1) is 6.61 Å². The van der Waals surface area contributed by atoms with Gasteiger partial charge in [-0.1, -0.05) is 30.3 Å². The molecule has 0 radical (unpaired) electrons. The molecule has 24 heavy (non-hydrogen) atoms. The molecule has 0 aliphatic carbocycles. The highest BCUT2D eigenvalue weighted by Gasteiger charge is 2.20. The number of nitrogens with zero attached hydrogens (tertiary/aromatic N) is 3. The number of carbonyl (C=O) groups excluding carboxylic acids is 1. The molecule has 128 valence electrons. The number of amides is 1. The van der Waals surface area contributed by atoms with Crippen molar-refractivity contribution in [1.82, 2.24) is 14.9 Å². The smallest absolute Gasteiger partial charge is 0.273 e. The van der Waals surface area contributed by atoms with E-state index < -0.39 is 0 Å². The van der Waals surface area contributed by atoms with Crippen LogP contribution in [-0.4, -0.2) is 47.1 Å². The highest BCUT2D eigenvalue weighted by Crippen LogP contribution is 2.13. The number of hydrogen-bond acceptors (Lipinski definition) is 5. The Bertz CT molecular complexity index is 646. The Kier molecular flexibility index (Phi) is 6.69. The van der Waals surface area contributed by atoms with E-state index in [9.17, 15) is 4.79 Å². The van der Waals surface area contributed by atoms with E-state index in [1.807, 2.05) is 44.2 Å². The van der Waals surface area contributed by atoms with Crippen molar-refractivity contribution in [3.63, 3.8) is 0 Å². The van der Waals surface area contributed by atoms with Gasteiger partial charge < -0.3 is 15.0 Å². The Hall–Kier alpha value is -2.47. The lowest BCUT2D eigenvalue weighted by atomic mass is 10.1. The van der Waals surface area contributed by atoms with Gasteiger partial charge in [-0.3, -0.25) is 4.79 Å². The molecule has 0 unspecified atom stereocenters. The standard InChI is InChI=1S/C18H24N4O2/c1-14(2)22(12-15-7-5-4-6-8-15)18(23)16-11-17(21-13-20-16)19-9-10-24-3/h4-8,11,13-14H,9-10,12H2,1-3H3,(H,19,20,21). The second kappa shape index (κ2) is 8.98. The van der Waals surface area contributed by atoms with Crippen molar-refractivity contribution in [3.05, 3.63) is 54.0 Å². The number of rotatable bonds is 8. The lowest BCUT2D eigenvalue weighted by molar-refractivity contribution is 0.0684. The first kappa shape index (κ1) is 17.9. The van der Waals surface area contributed by atoms with Crippen LogP contribution in [0.5, 0.6) is 0 Å². The van der Waals surface area contributed by atoms with Crippen LogP contribution in [0.4, 0.5) is 5.82 Å². The monoisotopic (exact) mass is 328 g/mol. The zero-order valence-corrected chi connectivity index (χ0v) is 14.4.